The van der Waals surface area contributed by atoms with Crippen LogP contribution in [0.1, 0.15) is 440 Å². The summed E-state index contributed by atoms with van der Waals surface area (Å²) in [6, 6.07) is 0. The lowest BCUT2D eigenvalue weighted by Gasteiger charge is -2.21. The summed E-state index contributed by atoms with van der Waals surface area (Å²) < 4.78 is 68.8. The molecule has 0 spiro atoms. The molecule has 0 aromatic rings. The molecule has 0 aromatic heterocycles. The van der Waals surface area contributed by atoms with Gasteiger partial charge in [0.25, 0.3) is 0 Å². The number of hydrogen-bond acceptors (Lipinski definition) is 15. The molecule has 6 atom stereocenters. The number of hydrogen-bond donors (Lipinski definition) is 3. The van der Waals surface area contributed by atoms with Crippen molar-refractivity contribution in [3.05, 3.63) is 0 Å². The Kier molecular flexibility index (Phi) is 73.1. The van der Waals surface area contributed by atoms with Gasteiger partial charge in [-0.2, -0.15) is 0 Å². The third-order valence-corrected chi connectivity index (χ3v) is 21.7. The van der Waals surface area contributed by atoms with Gasteiger partial charge < -0.3 is 33.8 Å². The molecule has 0 heterocycles. The van der Waals surface area contributed by atoms with Crippen LogP contribution in [-0.2, 0) is 65.4 Å². The largest absolute Gasteiger partial charge is 0.472 e. The second-order valence-corrected chi connectivity index (χ2v) is 33.5. The Hall–Kier alpha value is -1.94. The second kappa shape index (κ2) is 74.5. The van der Waals surface area contributed by atoms with Crippen molar-refractivity contribution < 1.29 is 80.2 Å². The highest BCUT2D eigenvalue weighted by Gasteiger charge is 2.30. The van der Waals surface area contributed by atoms with Crippen LogP contribution in [0, 0.1) is 11.8 Å². The Morgan fingerprint density at radius 1 is 0.284 bits per heavy atom. The number of aliphatic hydroxyl groups excluding tert-OH is 1. The molecule has 3 unspecified atom stereocenters. The van der Waals surface area contributed by atoms with Crippen LogP contribution >= 0.6 is 15.6 Å². The Balaban J connectivity index is 5.24. The molecule has 0 saturated heterocycles. The van der Waals surface area contributed by atoms with Crippen LogP contribution in [0.3, 0.4) is 0 Å². The van der Waals surface area contributed by atoms with E-state index in [1.165, 1.54) is 257 Å². The number of aliphatic hydroxyl groups is 1. The molecule has 0 radical (unpaired) electrons. The lowest BCUT2D eigenvalue weighted by Crippen LogP contribution is -2.30. The minimum Gasteiger partial charge on any atom is -0.462 e. The van der Waals surface area contributed by atoms with Crippen molar-refractivity contribution in [3.8, 4) is 0 Å². The fourth-order valence-corrected chi connectivity index (χ4v) is 14.4. The number of esters is 4. The minimum absolute atomic E-state index is 0.108. The van der Waals surface area contributed by atoms with Crippen LogP contribution in [0.25, 0.3) is 0 Å². The molecule has 0 saturated carbocycles. The molecule has 0 rings (SSSR count). The second-order valence-electron chi connectivity index (χ2n) is 30.6. The average Bonchev–Trinajstić information content (AvgIpc) is 0.968. The molecule has 0 aliphatic rings. The average molecular weight is 1490 g/mol. The van der Waals surface area contributed by atoms with Crippen molar-refractivity contribution in [1.82, 2.24) is 0 Å². The number of phosphoric acid groups is 2. The number of rotatable bonds is 82. The third kappa shape index (κ3) is 74.9. The molecule has 0 aliphatic carbocycles. The molecule has 606 valence electrons. The fraction of sp³-hybridized carbons (Fsp3) is 0.952. The number of unbranched alkanes of at least 4 members (excludes halogenated alkanes) is 51. The molecule has 0 aliphatic heterocycles. The first kappa shape index (κ1) is 100. The van der Waals surface area contributed by atoms with E-state index in [9.17, 15) is 43.2 Å². The van der Waals surface area contributed by atoms with E-state index in [0.717, 1.165) is 102 Å². The quantitative estimate of drug-likeness (QED) is 0.0222. The number of carbonyl (C=O) groups excluding carboxylic acids is 4. The van der Waals surface area contributed by atoms with Gasteiger partial charge in [0.15, 0.2) is 12.2 Å². The summed E-state index contributed by atoms with van der Waals surface area (Å²) in [6.07, 6.45) is 65.1. The van der Waals surface area contributed by atoms with Crippen molar-refractivity contribution in [2.45, 2.75) is 458 Å². The van der Waals surface area contributed by atoms with Gasteiger partial charge in [-0.25, -0.2) is 9.13 Å². The molecular weight excluding hydrogens is 1330 g/mol. The monoisotopic (exact) mass is 1490 g/mol. The van der Waals surface area contributed by atoms with E-state index in [1.54, 1.807) is 0 Å². The van der Waals surface area contributed by atoms with E-state index in [1.807, 2.05) is 0 Å². The highest BCUT2D eigenvalue weighted by molar-refractivity contribution is 7.47. The summed E-state index contributed by atoms with van der Waals surface area (Å²) in [7, 11) is -9.92. The molecule has 17 nitrogen and oxygen atoms in total. The van der Waals surface area contributed by atoms with Gasteiger partial charge in [-0.1, -0.05) is 388 Å². The summed E-state index contributed by atoms with van der Waals surface area (Å²) in [5, 5.41) is 10.7. The molecule has 0 fully saturated rings. The molecule has 0 bridgehead atoms. The van der Waals surface area contributed by atoms with Gasteiger partial charge in [0.05, 0.1) is 26.4 Å². The van der Waals surface area contributed by atoms with Crippen molar-refractivity contribution in [2.24, 2.45) is 11.8 Å². The fourth-order valence-electron chi connectivity index (χ4n) is 12.9. The molecule has 0 amide bonds. The van der Waals surface area contributed by atoms with E-state index < -0.39 is 97.5 Å². The summed E-state index contributed by atoms with van der Waals surface area (Å²) in [4.78, 5) is 73.1. The van der Waals surface area contributed by atoms with E-state index in [0.29, 0.717) is 25.7 Å². The van der Waals surface area contributed by atoms with Crippen molar-refractivity contribution >= 4 is 39.5 Å². The smallest absolute Gasteiger partial charge is 0.462 e. The zero-order valence-corrected chi connectivity index (χ0v) is 68.7. The van der Waals surface area contributed by atoms with Gasteiger partial charge in [0, 0.05) is 25.7 Å². The van der Waals surface area contributed by atoms with E-state index in [2.05, 4.69) is 41.5 Å². The lowest BCUT2D eigenvalue weighted by molar-refractivity contribution is -0.161. The van der Waals surface area contributed by atoms with Gasteiger partial charge in [-0.05, 0) is 37.5 Å². The van der Waals surface area contributed by atoms with Gasteiger partial charge in [0.2, 0.25) is 0 Å². The SMILES string of the molecule is CCCCCCCCCCCCCCCCCCCCCCCC(=O)O[C@H](COC(=O)CCCCCCCCCCCCC(C)CC)COP(=O)(O)OC[C@@H](O)COP(=O)(O)OC[C@@H](COC(=O)CCCCCCCCCCCCC(C)C)OC(=O)CCCCCCCCCCCCCCCC. The van der Waals surface area contributed by atoms with Crippen LogP contribution in [-0.4, -0.2) is 96.7 Å². The standard InChI is InChI=1S/C83H162O17P2/c1-7-10-12-14-16-18-20-22-24-25-26-27-28-29-30-32-34-44-50-56-62-68-83(88)100-79(72-94-81(86)66-60-54-48-42-38-36-40-46-52-58-64-76(6)9-3)74-98-102(91,92)96-70-77(84)69-95-101(89,90)97-73-78(71-93-80(85)65-59-53-47-41-37-35-39-45-51-57-63-75(4)5)99-82(87)67-61-55-49-43-33-31-23-21-19-17-15-13-11-8-2/h75-79,84H,7-74H2,1-6H3,(H,89,90)(H,91,92)/t76?,77-,78+,79+/m0/s1. The Bertz CT molecular complexity index is 1960. The van der Waals surface area contributed by atoms with E-state index in [4.69, 9.17) is 37.0 Å². The van der Waals surface area contributed by atoms with Crippen molar-refractivity contribution in [2.75, 3.05) is 39.6 Å². The predicted molar refractivity (Wildman–Crippen MR) is 418 cm³/mol. The summed E-state index contributed by atoms with van der Waals surface area (Å²) >= 11 is 0. The lowest BCUT2D eigenvalue weighted by atomic mass is 9.99. The van der Waals surface area contributed by atoms with Gasteiger partial charge >= 0.3 is 39.5 Å². The van der Waals surface area contributed by atoms with Gasteiger partial charge in [-0.15, -0.1) is 0 Å². The minimum atomic E-state index is -4.96. The van der Waals surface area contributed by atoms with E-state index in [-0.39, 0.29) is 25.7 Å². The first-order valence-electron chi connectivity index (χ1n) is 43.0. The van der Waals surface area contributed by atoms with Crippen molar-refractivity contribution in [3.63, 3.8) is 0 Å². The van der Waals surface area contributed by atoms with Gasteiger partial charge in [0.1, 0.15) is 19.3 Å². The van der Waals surface area contributed by atoms with E-state index >= 15 is 0 Å². The van der Waals surface area contributed by atoms with Crippen LogP contribution in [0.5, 0.6) is 0 Å². The summed E-state index contributed by atoms with van der Waals surface area (Å²) in [6.45, 7) is 9.67. The Morgan fingerprint density at radius 2 is 0.500 bits per heavy atom. The highest BCUT2D eigenvalue weighted by Crippen LogP contribution is 2.45. The maximum Gasteiger partial charge on any atom is 0.472 e. The molecule has 3 N–H and O–H groups in total. The van der Waals surface area contributed by atoms with Crippen LogP contribution < -0.4 is 0 Å². The Labute approximate surface area is 626 Å². The maximum absolute atomic E-state index is 13.1. The molecule has 0 aromatic carbocycles. The summed E-state index contributed by atoms with van der Waals surface area (Å²) in [5.74, 6) is -0.537. The summed E-state index contributed by atoms with van der Waals surface area (Å²) in [5.41, 5.74) is 0. The van der Waals surface area contributed by atoms with Crippen LogP contribution in [0.15, 0.2) is 0 Å². The topological polar surface area (TPSA) is 237 Å². The number of phosphoric ester groups is 2. The van der Waals surface area contributed by atoms with Crippen LogP contribution in [0.4, 0.5) is 0 Å². The Morgan fingerprint density at radius 3 is 0.745 bits per heavy atom. The predicted octanol–water partition coefficient (Wildman–Crippen LogP) is 25.1. The first-order valence-corrected chi connectivity index (χ1v) is 46.0. The zero-order chi connectivity index (χ0) is 74.9. The normalized spacial score (nSPS) is 14.1. The van der Waals surface area contributed by atoms with Gasteiger partial charge in [-0.3, -0.25) is 37.3 Å². The maximum atomic E-state index is 13.1. The van der Waals surface area contributed by atoms with Crippen molar-refractivity contribution in [1.29, 1.82) is 0 Å². The molecular formula is C83H162O17P2. The number of ether oxygens (including phenoxy) is 4. The van der Waals surface area contributed by atoms with Crippen LogP contribution in [0.2, 0.25) is 0 Å². The first-order chi connectivity index (χ1) is 49.4. The zero-order valence-electron chi connectivity index (χ0n) is 66.9. The molecule has 102 heavy (non-hydrogen) atoms. The third-order valence-electron chi connectivity index (χ3n) is 19.8. The molecule has 19 heteroatoms. The number of carbonyl (C=O) groups is 4. The highest BCUT2D eigenvalue weighted by atomic mass is 31.2.